The Morgan fingerprint density at radius 1 is 0.880 bits per heavy atom. The van der Waals surface area contributed by atoms with Crippen molar-refractivity contribution in [2.45, 2.75) is 13.2 Å². The lowest BCUT2D eigenvalue weighted by Gasteiger charge is -2.13. The first kappa shape index (κ1) is 17.4. The summed E-state index contributed by atoms with van der Waals surface area (Å²) in [6.45, 7) is 1.25. The van der Waals surface area contributed by atoms with E-state index in [4.69, 9.17) is 9.47 Å². The fourth-order valence-corrected chi connectivity index (χ4v) is 2.70. The molecule has 0 bridgehead atoms. The van der Waals surface area contributed by atoms with Crippen LogP contribution >= 0.6 is 15.9 Å². The van der Waals surface area contributed by atoms with Gasteiger partial charge in [-0.2, -0.15) is 0 Å². The van der Waals surface area contributed by atoms with Crippen LogP contribution in [0.4, 0.5) is 5.69 Å². The summed E-state index contributed by atoms with van der Waals surface area (Å²) >= 11 is 3.45. The largest absolute Gasteiger partial charge is 0.497 e. The van der Waals surface area contributed by atoms with Crippen molar-refractivity contribution >= 4 is 21.6 Å². The number of para-hydroxylation sites is 1. The number of nitrogens with one attached hydrogen (secondary N) is 1. The summed E-state index contributed by atoms with van der Waals surface area (Å²) in [5, 5.41) is 3.42. The lowest BCUT2D eigenvalue weighted by Crippen LogP contribution is -2.03. The highest BCUT2D eigenvalue weighted by molar-refractivity contribution is 9.10. The molecule has 25 heavy (non-hydrogen) atoms. The van der Waals surface area contributed by atoms with Crippen LogP contribution in [0.15, 0.2) is 77.3 Å². The number of methoxy groups -OCH3 is 1. The SMILES string of the molecule is COc1ccc(NCc2ccccc2OCc2ccc(Br)cc2)cc1. The number of rotatable bonds is 7. The van der Waals surface area contributed by atoms with E-state index in [1.165, 1.54) is 0 Å². The molecule has 128 valence electrons. The van der Waals surface area contributed by atoms with Crippen LogP contribution in [0.5, 0.6) is 11.5 Å². The highest BCUT2D eigenvalue weighted by Crippen LogP contribution is 2.22. The molecule has 0 saturated carbocycles. The molecule has 3 nitrogen and oxygen atoms in total. The van der Waals surface area contributed by atoms with Gasteiger partial charge in [0.2, 0.25) is 0 Å². The van der Waals surface area contributed by atoms with Crippen molar-refractivity contribution in [2.75, 3.05) is 12.4 Å². The maximum atomic E-state index is 6.01. The summed E-state index contributed by atoms with van der Waals surface area (Å²) in [5.74, 6) is 1.75. The lowest BCUT2D eigenvalue weighted by molar-refractivity contribution is 0.303. The molecule has 0 aliphatic heterocycles. The predicted octanol–water partition coefficient (Wildman–Crippen LogP) is 5.65. The van der Waals surface area contributed by atoms with Crippen LogP contribution in [-0.4, -0.2) is 7.11 Å². The van der Waals surface area contributed by atoms with Gasteiger partial charge in [-0.3, -0.25) is 0 Å². The molecule has 0 aromatic heterocycles. The zero-order valence-corrected chi connectivity index (χ0v) is 15.6. The lowest BCUT2D eigenvalue weighted by atomic mass is 10.2. The van der Waals surface area contributed by atoms with Gasteiger partial charge in [0.15, 0.2) is 0 Å². The van der Waals surface area contributed by atoms with E-state index in [0.717, 1.165) is 32.8 Å². The Balaban J connectivity index is 1.62. The number of ether oxygens (including phenoxy) is 2. The Labute approximate surface area is 156 Å². The second-order valence-corrected chi connectivity index (χ2v) is 6.52. The van der Waals surface area contributed by atoms with Gasteiger partial charge in [0.1, 0.15) is 18.1 Å². The first-order valence-electron chi connectivity index (χ1n) is 8.07. The van der Waals surface area contributed by atoms with Crippen molar-refractivity contribution in [2.24, 2.45) is 0 Å². The van der Waals surface area contributed by atoms with Crippen molar-refractivity contribution < 1.29 is 9.47 Å². The minimum Gasteiger partial charge on any atom is -0.497 e. The van der Waals surface area contributed by atoms with E-state index in [1.807, 2.05) is 54.6 Å². The molecule has 0 atom stereocenters. The predicted molar refractivity (Wildman–Crippen MR) is 105 cm³/mol. The molecule has 0 radical (unpaired) electrons. The van der Waals surface area contributed by atoms with Crippen LogP contribution in [0.1, 0.15) is 11.1 Å². The van der Waals surface area contributed by atoms with Gasteiger partial charge >= 0.3 is 0 Å². The second kappa shape index (κ2) is 8.58. The van der Waals surface area contributed by atoms with E-state index in [2.05, 4.69) is 39.4 Å². The molecule has 0 unspecified atom stereocenters. The van der Waals surface area contributed by atoms with Crippen LogP contribution in [0.25, 0.3) is 0 Å². The average molecular weight is 398 g/mol. The van der Waals surface area contributed by atoms with Crippen LogP contribution in [0.3, 0.4) is 0 Å². The topological polar surface area (TPSA) is 30.5 Å². The molecule has 3 rings (SSSR count). The van der Waals surface area contributed by atoms with Crippen molar-refractivity contribution in [3.8, 4) is 11.5 Å². The number of hydrogen-bond acceptors (Lipinski definition) is 3. The number of hydrogen-bond donors (Lipinski definition) is 1. The van der Waals surface area contributed by atoms with Gasteiger partial charge in [-0.15, -0.1) is 0 Å². The summed E-state index contributed by atoms with van der Waals surface area (Å²) in [5.41, 5.74) is 3.31. The zero-order chi connectivity index (χ0) is 17.5. The van der Waals surface area contributed by atoms with Gasteiger partial charge in [-0.05, 0) is 48.0 Å². The molecule has 0 aliphatic rings. The Bertz CT molecular complexity index is 801. The normalized spacial score (nSPS) is 10.3. The maximum Gasteiger partial charge on any atom is 0.124 e. The fraction of sp³-hybridized carbons (Fsp3) is 0.143. The zero-order valence-electron chi connectivity index (χ0n) is 14.0. The van der Waals surface area contributed by atoms with Gasteiger partial charge in [0, 0.05) is 22.3 Å². The van der Waals surface area contributed by atoms with E-state index in [9.17, 15) is 0 Å². The Morgan fingerprint density at radius 3 is 2.32 bits per heavy atom. The molecule has 1 N–H and O–H groups in total. The van der Waals surface area contributed by atoms with E-state index >= 15 is 0 Å². The van der Waals surface area contributed by atoms with Crippen LogP contribution in [0.2, 0.25) is 0 Å². The van der Waals surface area contributed by atoms with Crippen molar-refractivity contribution in [3.63, 3.8) is 0 Å². The van der Waals surface area contributed by atoms with Crippen molar-refractivity contribution in [1.82, 2.24) is 0 Å². The molecule has 0 heterocycles. The minimum absolute atomic E-state index is 0.548. The number of anilines is 1. The maximum absolute atomic E-state index is 6.01. The molecule has 0 amide bonds. The Morgan fingerprint density at radius 2 is 1.60 bits per heavy atom. The van der Waals surface area contributed by atoms with E-state index in [-0.39, 0.29) is 0 Å². The van der Waals surface area contributed by atoms with E-state index in [0.29, 0.717) is 13.2 Å². The molecular formula is C21H20BrNO2. The molecule has 4 heteroatoms. The first-order chi connectivity index (χ1) is 12.2. The van der Waals surface area contributed by atoms with Gasteiger partial charge in [-0.25, -0.2) is 0 Å². The molecular weight excluding hydrogens is 378 g/mol. The minimum atomic E-state index is 0.548. The highest BCUT2D eigenvalue weighted by atomic mass is 79.9. The number of benzene rings is 3. The first-order valence-corrected chi connectivity index (χ1v) is 8.87. The summed E-state index contributed by atoms with van der Waals surface area (Å²) in [6.07, 6.45) is 0. The van der Waals surface area contributed by atoms with E-state index < -0.39 is 0 Å². The smallest absolute Gasteiger partial charge is 0.124 e. The Kier molecular flexibility index (Phi) is 5.96. The molecule has 0 fully saturated rings. The van der Waals surface area contributed by atoms with Gasteiger partial charge < -0.3 is 14.8 Å². The molecule has 0 spiro atoms. The van der Waals surface area contributed by atoms with Crippen LogP contribution in [0, 0.1) is 0 Å². The average Bonchev–Trinajstić information content (AvgIpc) is 2.67. The molecule has 3 aromatic carbocycles. The van der Waals surface area contributed by atoms with Gasteiger partial charge in [-0.1, -0.05) is 46.3 Å². The van der Waals surface area contributed by atoms with Gasteiger partial charge in [0.05, 0.1) is 7.11 Å². The third-order valence-electron chi connectivity index (χ3n) is 3.85. The highest BCUT2D eigenvalue weighted by Gasteiger charge is 2.04. The van der Waals surface area contributed by atoms with E-state index in [1.54, 1.807) is 7.11 Å². The second-order valence-electron chi connectivity index (χ2n) is 5.60. The van der Waals surface area contributed by atoms with Crippen LogP contribution in [-0.2, 0) is 13.2 Å². The van der Waals surface area contributed by atoms with Gasteiger partial charge in [0.25, 0.3) is 0 Å². The Hall–Kier alpha value is -2.46. The summed E-state index contributed by atoms with van der Waals surface area (Å²) in [4.78, 5) is 0. The third-order valence-corrected chi connectivity index (χ3v) is 4.38. The summed E-state index contributed by atoms with van der Waals surface area (Å²) in [6, 6.07) is 24.2. The standard InChI is InChI=1S/C21H20BrNO2/c1-24-20-12-10-19(11-13-20)23-14-17-4-2-3-5-21(17)25-15-16-6-8-18(22)9-7-16/h2-13,23H,14-15H2,1H3. The van der Waals surface area contributed by atoms with Crippen molar-refractivity contribution in [3.05, 3.63) is 88.4 Å². The number of halogens is 1. The van der Waals surface area contributed by atoms with Crippen LogP contribution < -0.4 is 14.8 Å². The fourth-order valence-electron chi connectivity index (χ4n) is 2.44. The quantitative estimate of drug-likeness (QED) is 0.558. The summed E-state index contributed by atoms with van der Waals surface area (Å²) < 4.78 is 12.3. The molecule has 0 saturated heterocycles. The third kappa shape index (κ3) is 5.00. The summed E-state index contributed by atoms with van der Waals surface area (Å²) in [7, 11) is 1.67. The monoisotopic (exact) mass is 397 g/mol. The molecule has 3 aromatic rings. The molecule has 0 aliphatic carbocycles. The van der Waals surface area contributed by atoms with Crippen molar-refractivity contribution in [1.29, 1.82) is 0 Å².